The van der Waals surface area contributed by atoms with E-state index in [4.69, 9.17) is 4.74 Å². The molecular formula is C14H18O2. The molecule has 0 radical (unpaired) electrons. The van der Waals surface area contributed by atoms with Crippen molar-refractivity contribution in [3.63, 3.8) is 0 Å². The van der Waals surface area contributed by atoms with Gasteiger partial charge in [0.05, 0.1) is 5.56 Å². The zero-order chi connectivity index (χ0) is 11.9. The Morgan fingerprint density at radius 3 is 2.62 bits per heavy atom. The first-order chi connectivity index (χ1) is 7.43. The van der Waals surface area contributed by atoms with Gasteiger partial charge in [0.1, 0.15) is 11.4 Å². The van der Waals surface area contributed by atoms with E-state index in [1.165, 1.54) is 11.1 Å². The van der Waals surface area contributed by atoms with Crippen molar-refractivity contribution in [2.75, 3.05) is 0 Å². The molecule has 0 bridgehead atoms. The molecule has 1 aliphatic heterocycles. The van der Waals surface area contributed by atoms with Gasteiger partial charge in [0, 0.05) is 6.42 Å². The third-order valence-corrected chi connectivity index (χ3v) is 3.01. The molecule has 2 nitrogen and oxygen atoms in total. The van der Waals surface area contributed by atoms with Crippen molar-refractivity contribution in [2.45, 2.75) is 45.6 Å². The molecule has 0 saturated heterocycles. The van der Waals surface area contributed by atoms with E-state index in [2.05, 4.69) is 33.8 Å². The molecule has 0 aliphatic carbocycles. The third kappa shape index (κ3) is 1.84. The summed E-state index contributed by atoms with van der Waals surface area (Å²) >= 11 is 0. The van der Waals surface area contributed by atoms with Gasteiger partial charge in [-0.25, -0.2) is 0 Å². The normalized spacial score (nSPS) is 17.1. The summed E-state index contributed by atoms with van der Waals surface area (Å²) in [7, 11) is 0. The Bertz CT molecular complexity index is 431. The maximum absolute atomic E-state index is 11.1. The van der Waals surface area contributed by atoms with Crippen LogP contribution in [0.5, 0.6) is 5.75 Å². The molecule has 1 heterocycles. The van der Waals surface area contributed by atoms with Gasteiger partial charge in [-0.2, -0.15) is 0 Å². The molecule has 2 heteroatoms. The van der Waals surface area contributed by atoms with Gasteiger partial charge in [-0.1, -0.05) is 19.9 Å². The van der Waals surface area contributed by atoms with Gasteiger partial charge in [-0.15, -0.1) is 0 Å². The van der Waals surface area contributed by atoms with E-state index in [9.17, 15) is 4.79 Å². The van der Waals surface area contributed by atoms with Crippen molar-refractivity contribution < 1.29 is 9.53 Å². The minimum Gasteiger partial charge on any atom is -0.486 e. The van der Waals surface area contributed by atoms with Gasteiger partial charge < -0.3 is 4.74 Å². The first kappa shape index (κ1) is 11.2. The van der Waals surface area contributed by atoms with Crippen LogP contribution in [0, 0.1) is 0 Å². The SMILES string of the molecule is CC(C)c1cc(C=O)c2c(c1)CC(C)(C)O2. The van der Waals surface area contributed by atoms with Crippen molar-refractivity contribution in [2.24, 2.45) is 0 Å². The summed E-state index contributed by atoms with van der Waals surface area (Å²) < 4.78 is 5.82. The predicted molar refractivity (Wildman–Crippen MR) is 64.3 cm³/mol. The van der Waals surface area contributed by atoms with Crippen molar-refractivity contribution >= 4 is 6.29 Å². The number of rotatable bonds is 2. The number of hydrogen-bond acceptors (Lipinski definition) is 2. The first-order valence-electron chi connectivity index (χ1n) is 5.74. The molecule has 1 aliphatic rings. The number of carbonyl (C=O) groups is 1. The summed E-state index contributed by atoms with van der Waals surface area (Å²) in [6, 6.07) is 4.11. The Morgan fingerprint density at radius 2 is 2.06 bits per heavy atom. The molecule has 0 spiro atoms. The lowest BCUT2D eigenvalue weighted by molar-refractivity contribution is 0.110. The highest BCUT2D eigenvalue weighted by molar-refractivity contribution is 5.81. The summed E-state index contributed by atoms with van der Waals surface area (Å²) in [6.45, 7) is 8.38. The fourth-order valence-electron chi connectivity index (χ4n) is 2.19. The first-order valence-corrected chi connectivity index (χ1v) is 5.74. The summed E-state index contributed by atoms with van der Waals surface area (Å²) in [5.74, 6) is 1.22. The molecular weight excluding hydrogens is 200 g/mol. The Morgan fingerprint density at radius 1 is 1.38 bits per heavy atom. The van der Waals surface area contributed by atoms with E-state index in [1.807, 2.05) is 6.07 Å². The van der Waals surface area contributed by atoms with Crippen LogP contribution in [0.25, 0.3) is 0 Å². The van der Waals surface area contributed by atoms with E-state index in [1.54, 1.807) is 0 Å². The van der Waals surface area contributed by atoms with Crippen molar-refractivity contribution in [3.05, 3.63) is 28.8 Å². The lowest BCUT2D eigenvalue weighted by Gasteiger charge is -2.17. The quantitative estimate of drug-likeness (QED) is 0.712. The largest absolute Gasteiger partial charge is 0.486 e. The van der Waals surface area contributed by atoms with E-state index in [-0.39, 0.29) is 5.60 Å². The van der Waals surface area contributed by atoms with Crippen LogP contribution in [-0.4, -0.2) is 11.9 Å². The highest BCUT2D eigenvalue weighted by atomic mass is 16.5. The number of ether oxygens (including phenoxy) is 1. The molecule has 16 heavy (non-hydrogen) atoms. The zero-order valence-corrected chi connectivity index (χ0v) is 10.3. The summed E-state index contributed by atoms with van der Waals surface area (Å²) in [5, 5.41) is 0. The molecule has 1 aromatic rings. The van der Waals surface area contributed by atoms with Crippen LogP contribution in [0.2, 0.25) is 0 Å². The minimum absolute atomic E-state index is 0.185. The number of aldehydes is 1. The molecule has 2 rings (SSSR count). The Kier molecular flexibility index (Phi) is 2.53. The van der Waals surface area contributed by atoms with Crippen LogP contribution in [0.3, 0.4) is 0 Å². The van der Waals surface area contributed by atoms with Gasteiger partial charge >= 0.3 is 0 Å². The molecule has 86 valence electrons. The second kappa shape index (κ2) is 3.62. The van der Waals surface area contributed by atoms with E-state index in [0.717, 1.165) is 18.5 Å². The van der Waals surface area contributed by atoms with Crippen LogP contribution in [0.4, 0.5) is 0 Å². The standard InChI is InChI=1S/C14H18O2/c1-9(2)10-5-11-7-14(3,4)16-13(11)12(6-10)8-15/h5-6,8-9H,7H2,1-4H3. The lowest BCUT2D eigenvalue weighted by atomic mass is 9.94. The van der Waals surface area contributed by atoms with Crippen LogP contribution in [0.1, 0.15) is 55.1 Å². The van der Waals surface area contributed by atoms with Crippen molar-refractivity contribution in [1.82, 2.24) is 0 Å². The van der Waals surface area contributed by atoms with Crippen molar-refractivity contribution in [3.8, 4) is 5.75 Å². The van der Waals surface area contributed by atoms with E-state index < -0.39 is 0 Å². The van der Waals surface area contributed by atoms with Gasteiger partial charge in [-0.05, 0) is 37.0 Å². The van der Waals surface area contributed by atoms with Gasteiger partial charge in [0.25, 0.3) is 0 Å². The maximum atomic E-state index is 11.1. The second-order valence-corrected chi connectivity index (χ2v) is 5.41. The van der Waals surface area contributed by atoms with Crippen LogP contribution in [-0.2, 0) is 6.42 Å². The molecule has 0 unspecified atom stereocenters. The molecule has 1 aromatic carbocycles. The second-order valence-electron chi connectivity index (χ2n) is 5.41. The fraction of sp³-hybridized carbons (Fsp3) is 0.500. The number of benzene rings is 1. The Balaban J connectivity index is 2.53. The van der Waals surface area contributed by atoms with Gasteiger partial charge in [0.15, 0.2) is 6.29 Å². The predicted octanol–water partition coefficient (Wildman–Crippen LogP) is 3.34. The minimum atomic E-state index is -0.185. The zero-order valence-electron chi connectivity index (χ0n) is 10.3. The van der Waals surface area contributed by atoms with Crippen LogP contribution < -0.4 is 4.74 Å². The highest BCUT2D eigenvalue weighted by Gasteiger charge is 2.32. The number of fused-ring (bicyclic) bond motifs is 1. The molecule has 0 amide bonds. The van der Waals surface area contributed by atoms with E-state index >= 15 is 0 Å². The average molecular weight is 218 g/mol. The van der Waals surface area contributed by atoms with E-state index in [0.29, 0.717) is 11.5 Å². The molecule has 0 atom stereocenters. The molecule has 0 aromatic heterocycles. The Hall–Kier alpha value is -1.31. The number of carbonyl (C=O) groups excluding carboxylic acids is 1. The van der Waals surface area contributed by atoms with Gasteiger partial charge in [0.2, 0.25) is 0 Å². The van der Waals surface area contributed by atoms with Crippen molar-refractivity contribution in [1.29, 1.82) is 0 Å². The van der Waals surface area contributed by atoms with Crippen LogP contribution >= 0.6 is 0 Å². The fourth-order valence-corrected chi connectivity index (χ4v) is 2.19. The highest BCUT2D eigenvalue weighted by Crippen LogP contribution is 2.38. The smallest absolute Gasteiger partial charge is 0.153 e. The lowest BCUT2D eigenvalue weighted by Crippen LogP contribution is -2.24. The summed E-state index contributed by atoms with van der Waals surface area (Å²) in [5.41, 5.74) is 2.88. The molecule has 0 saturated carbocycles. The number of hydrogen-bond donors (Lipinski definition) is 0. The molecule has 0 N–H and O–H groups in total. The topological polar surface area (TPSA) is 26.3 Å². The monoisotopic (exact) mass is 218 g/mol. The average Bonchev–Trinajstić information content (AvgIpc) is 2.49. The summed E-state index contributed by atoms with van der Waals surface area (Å²) in [6.07, 6.45) is 1.77. The molecule has 0 fully saturated rings. The Labute approximate surface area is 96.6 Å². The summed E-state index contributed by atoms with van der Waals surface area (Å²) in [4.78, 5) is 11.1. The third-order valence-electron chi connectivity index (χ3n) is 3.01. The van der Waals surface area contributed by atoms with Crippen LogP contribution in [0.15, 0.2) is 12.1 Å². The van der Waals surface area contributed by atoms with Gasteiger partial charge in [-0.3, -0.25) is 4.79 Å². The maximum Gasteiger partial charge on any atom is 0.153 e.